The van der Waals surface area contributed by atoms with Crippen molar-refractivity contribution in [2.75, 3.05) is 12.9 Å². The van der Waals surface area contributed by atoms with Crippen LogP contribution >= 0.6 is 27.7 Å². The number of ether oxygens (including phenoxy) is 1. The quantitative estimate of drug-likeness (QED) is 0.521. The molecule has 5 nitrogen and oxygen atoms in total. The largest absolute Gasteiger partial charge is 0.497 e. The molecule has 110 valence electrons. The van der Waals surface area contributed by atoms with E-state index in [4.69, 9.17) is 9.84 Å². The van der Waals surface area contributed by atoms with Crippen LogP contribution in [0.25, 0.3) is 0 Å². The normalized spacial score (nSPS) is 11.7. The Hall–Kier alpha value is -1.21. The Morgan fingerprint density at radius 2 is 2.35 bits per heavy atom. The summed E-state index contributed by atoms with van der Waals surface area (Å²) < 4.78 is 6.15. The molecule has 1 rings (SSSR count). The van der Waals surface area contributed by atoms with Crippen LogP contribution in [0.3, 0.4) is 0 Å². The first-order chi connectivity index (χ1) is 9.58. The predicted octanol–water partition coefficient (Wildman–Crippen LogP) is 2.28. The number of carbonyl (C=O) groups excluding carboxylic acids is 1. The lowest BCUT2D eigenvalue weighted by atomic mass is 10.2. The van der Waals surface area contributed by atoms with Crippen molar-refractivity contribution >= 4 is 40.1 Å². The second-order valence-electron chi connectivity index (χ2n) is 3.97. The number of carbonyl (C=O) groups is 2. The zero-order valence-corrected chi connectivity index (χ0v) is 13.4. The summed E-state index contributed by atoms with van der Waals surface area (Å²) in [7, 11) is 1.61. The Morgan fingerprint density at radius 1 is 1.60 bits per heavy atom. The third kappa shape index (κ3) is 5.42. The van der Waals surface area contributed by atoms with Crippen molar-refractivity contribution in [3.8, 4) is 5.75 Å². The molecule has 0 aliphatic rings. The summed E-state index contributed by atoms with van der Waals surface area (Å²) in [6, 6.07) is 4.90. The third-order valence-corrected chi connectivity index (χ3v) is 4.44. The molecule has 1 unspecified atom stereocenters. The van der Waals surface area contributed by atoms with Crippen LogP contribution in [0.1, 0.15) is 12.0 Å². The van der Waals surface area contributed by atoms with E-state index < -0.39 is 12.0 Å². The first kappa shape index (κ1) is 16.8. The molecule has 1 amide bonds. The Labute approximate surface area is 130 Å². The second-order valence-corrected chi connectivity index (χ2v) is 5.93. The van der Waals surface area contributed by atoms with Crippen molar-refractivity contribution in [3.63, 3.8) is 0 Å². The van der Waals surface area contributed by atoms with Crippen molar-refractivity contribution in [3.05, 3.63) is 28.2 Å². The Morgan fingerprint density at radius 3 is 2.95 bits per heavy atom. The van der Waals surface area contributed by atoms with Crippen LogP contribution in [0, 0.1) is 0 Å². The summed E-state index contributed by atoms with van der Waals surface area (Å²) >= 11 is 5.07. The molecule has 1 aromatic rings. The maximum atomic E-state index is 10.8. The Kier molecular flexibility index (Phi) is 7.46. The smallest absolute Gasteiger partial charge is 0.326 e. The fraction of sp³-hybridized carbons (Fsp3) is 0.385. The zero-order chi connectivity index (χ0) is 15.0. The van der Waals surface area contributed by atoms with Crippen LogP contribution in [0.2, 0.25) is 0 Å². The summed E-state index contributed by atoms with van der Waals surface area (Å²) in [5.74, 6) is 1.15. The Bertz CT molecular complexity index is 470. The van der Waals surface area contributed by atoms with E-state index in [2.05, 4.69) is 21.2 Å². The minimum absolute atomic E-state index is 0.389. The molecule has 0 saturated heterocycles. The van der Waals surface area contributed by atoms with E-state index in [1.54, 1.807) is 18.9 Å². The van der Waals surface area contributed by atoms with Gasteiger partial charge in [0.1, 0.15) is 11.8 Å². The van der Waals surface area contributed by atoms with E-state index in [9.17, 15) is 9.59 Å². The highest BCUT2D eigenvalue weighted by Gasteiger charge is 2.15. The molecule has 0 aliphatic carbocycles. The molecule has 0 spiro atoms. The number of aliphatic carboxylic acids is 1. The second kappa shape index (κ2) is 8.86. The number of carboxylic acid groups (broad SMARTS) is 1. The number of halogens is 1. The van der Waals surface area contributed by atoms with Gasteiger partial charge in [0, 0.05) is 10.2 Å². The van der Waals surface area contributed by atoms with E-state index in [1.807, 2.05) is 18.2 Å². The van der Waals surface area contributed by atoms with Gasteiger partial charge >= 0.3 is 5.97 Å². The van der Waals surface area contributed by atoms with Gasteiger partial charge in [-0.15, -0.1) is 0 Å². The lowest BCUT2D eigenvalue weighted by Gasteiger charge is -2.11. The van der Waals surface area contributed by atoms with E-state index in [1.165, 1.54) is 0 Å². The maximum absolute atomic E-state index is 10.8. The molecule has 0 bridgehead atoms. The van der Waals surface area contributed by atoms with E-state index >= 15 is 0 Å². The highest BCUT2D eigenvalue weighted by molar-refractivity contribution is 9.10. The van der Waals surface area contributed by atoms with Gasteiger partial charge in [-0.3, -0.25) is 4.79 Å². The Balaban J connectivity index is 2.44. The van der Waals surface area contributed by atoms with Gasteiger partial charge in [-0.25, -0.2) is 4.79 Å². The molecule has 20 heavy (non-hydrogen) atoms. The van der Waals surface area contributed by atoms with Gasteiger partial charge in [-0.2, -0.15) is 11.8 Å². The molecule has 7 heteroatoms. The standard InChI is InChI=1S/C13H16BrNO4S/c1-19-10-2-3-11(14)9(6-10)7-20-5-4-12(13(17)18)15-8-16/h2-3,6,8,12H,4-5,7H2,1H3,(H,15,16)(H,17,18). The summed E-state index contributed by atoms with van der Waals surface area (Å²) in [5, 5.41) is 11.2. The number of methoxy groups -OCH3 is 1. The number of nitrogens with one attached hydrogen (secondary N) is 1. The van der Waals surface area contributed by atoms with Crippen LogP contribution in [0.5, 0.6) is 5.75 Å². The lowest BCUT2D eigenvalue weighted by molar-refractivity contribution is -0.140. The summed E-state index contributed by atoms with van der Waals surface area (Å²) in [6.45, 7) is 0. The lowest BCUT2D eigenvalue weighted by Crippen LogP contribution is -2.36. The molecule has 0 aliphatic heterocycles. The molecule has 0 saturated carbocycles. The van der Waals surface area contributed by atoms with Gasteiger partial charge in [0.05, 0.1) is 7.11 Å². The van der Waals surface area contributed by atoms with Crippen molar-refractivity contribution in [2.45, 2.75) is 18.2 Å². The van der Waals surface area contributed by atoms with Gasteiger partial charge in [-0.1, -0.05) is 15.9 Å². The first-order valence-corrected chi connectivity index (χ1v) is 7.86. The van der Waals surface area contributed by atoms with E-state index in [0.29, 0.717) is 18.6 Å². The van der Waals surface area contributed by atoms with Gasteiger partial charge < -0.3 is 15.2 Å². The van der Waals surface area contributed by atoms with Crippen molar-refractivity contribution < 1.29 is 19.4 Å². The van der Waals surface area contributed by atoms with Crippen LogP contribution in [-0.4, -0.2) is 36.4 Å². The van der Waals surface area contributed by atoms with Gasteiger partial charge in [0.25, 0.3) is 0 Å². The number of thioether (sulfide) groups is 1. The molecule has 1 atom stereocenters. The molecule has 0 aromatic heterocycles. The number of hydrogen-bond acceptors (Lipinski definition) is 4. The van der Waals surface area contributed by atoms with E-state index in [0.717, 1.165) is 21.5 Å². The summed E-state index contributed by atoms with van der Waals surface area (Å²) in [4.78, 5) is 21.1. The molecule has 0 fully saturated rings. The number of amides is 1. The van der Waals surface area contributed by atoms with Gasteiger partial charge in [0.15, 0.2) is 0 Å². The van der Waals surface area contributed by atoms with Crippen LogP contribution in [0.4, 0.5) is 0 Å². The number of benzene rings is 1. The molecule has 2 N–H and O–H groups in total. The predicted molar refractivity (Wildman–Crippen MR) is 82.1 cm³/mol. The monoisotopic (exact) mass is 361 g/mol. The number of carboxylic acids is 1. The van der Waals surface area contributed by atoms with Crippen molar-refractivity contribution in [1.29, 1.82) is 0 Å². The average molecular weight is 362 g/mol. The highest BCUT2D eigenvalue weighted by atomic mass is 79.9. The molecule has 1 aromatic carbocycles. The van der Waals surface area contributed by atoms with Crippen LogP contribution < -0.4 is 10.1 Å². The van der Waals surface area contributed by atoms with Gasteiger partial charge in [-0.05, 0) is 35.9 Å². The van der Waals surface area contributed by atoms with Crippen LogP contribution in [0.15, 0.2) is 22.7 Å². The molecule has 0 radical (unpaired) electrons. The van der Waals surface area contributed by atoms with Crippen molar-refractivity contribution in [2.24, 2.45) is 0 Å². The summed E-state index contributed by atoms with van der Waals surface area (Å²) in [6.07, 6.45) is 0.808. The average Bonchev–Trinajstić information content (AvgIpc) is 2.43. The SMILES string of the molecule is COc1ccc(Br)c(CSCCC(NC=O)C(=O)O)c1. The number of hydrogen-bond donors (Lipinski definition) is 2. The third-order valence-electron chi connectivity index (χ3n) is 2.63. The molecule has 0 heterocycles. The zero-order valence-electron chi connectivity index (χ0n) is 11.0. The molecular weight excluding hydrogens is 346 g/mol. The van der Waals surface area contributed by atoms with E-state index in [-0.39, 0.29) is 0 Å². The minimum Gasteiger partial charge on any atom is -0.497 e. The molecular formula is C13H16BrNO4S. The minimum atomic E-state index is -1.01. The summed E-state index contributed by atoms with van der Waals surface area (Å²) in [5.41, 5.74) is 1.09. The highest BCUT2D eigenvalue weighted by Crippen LogP contribution is 2.26. The fourth-order valence-electron chi connectivity index (χ4n) is 1.53. The maximum Gasteiger partial charge on any atom is 0.326 e. The van der Waals surface area contributed by atoms with Crippen molar-refractivity contribution in [1.82, 2.24) is 5.32 Å². The van der Waals surface area contributed by atoms with Crippen LogP contribution in [-0.2, 0) is 15.3 Å². The van der Waals surface area contributed by atoms with Gasteiger partial charge in [0.2, 0.25) is 6.41 Å². The fourth-order valence-corrected chi connectivity index (χ4v) is 3.11. The topological polar surface area (TPSA) is 75.6 Å². The first-order valence-electron chi connectivity index (χ1n) is 5.91. The number of rotatable bonds is 9.